The number of guanidine groups is 1. The van der Waals surface area contributed by atoms with Gasteiger partial charge in [-0.05, 0) is 12.8 Å². The van der Waals surface area contributed by atoms with Crippen molar-refractivity contribution in [1.82, 2.24) is 15.6 Å². The predicted molar refractivity (Wildman–Crippen MR) is 54.5 cm³/mol. The van der Waals surface area contributed by atoms with Crippen LogP contribution in [0.3, 0.4) is 0 Å². The van der Waals surface area contributed by atoms with Gasteiger partial charge in [0, 0.05) is 20.1 Å². The van der Waals surface area contributed by atoms with Crippen LogP contribution in [0.1, 0.15) is 12.8 Å². The molecule has 0 radical (unpaired) electrons. The SMILES string of the molecule is CN(C)C(=O)CN=C(NN)NC1CC1. The number of rotatable bonds is 3. The molecular formula is C8H17N5O. The fraction of sp³-hybridized carbons (Fsp3) is 0.750. The second kappa shape index (κ2) is 4.80. The Kier molecular flexibility index (Phi) is 3.70. The van der Waals surface area contributed by atoms with Crippen molar-refractivity contribution in [3.8, 4) is 0 Å². The highest BCUT2D eigenvalue weighted by Crippen LogP contribution is 2.18. The zero-order chi connectivity index (χ0) is 10.6. The molecule has 0 spiro atoms. The molecule has 0 unspecified atom stereocenters. The normalized spacial score (nSPS) is 16.4. The first-order chi connectivity index (χ1) is 6.63. The van der Waals surface area contributed by atoms with E-state index in [9.17, 15) is 4.79 Å². The summed E-state index contributed by atoms with van der Waals surface area (Å²) in [6.45, 7) is 0.117. The minimum Gasteiger partial charge on any atom is -0.353 e. The van der Waals surface area contributed by atoms with Gasteiger partial charge in [-0.25, -0.2) is 10.8 Å². The van der Waals surface area contributed by atoms with Gasteiger partial charge in [-0.15, -0.1) is 0 Å². The number of aliphatic imine (C=N–C) groups is 1. The third kappa shape index (κ3) is 3.61. The molecule has 1 saturated carbocycles. The lowest BCUT2D eigenvalue weighted by molar-refractivity contribution is -0.127. The number of carbonyl (C=O) groups excluding carboxylic acids is 1. The zero-order valence-corrected chi connectivity index (χ0v) is 8.58. The van der Waals surface area contributed by atoms with Crippen LogP contribution in [0.25, 0.3) is 0 Å². The molecule has 0 aromatic rings. The molecule has 1 aliphatic rings. The van der Waals surface area contributed by atoms with Crippen LogP contribution in [0.2, 0.25) is 0 Å². The van der Waals surface area contributed by atoms with Crippen molar-refractivity contribution in [3.63, 3.8) is 0 Å². The van der Waals surface area contributed by atoms with E-state index >= 15 is 0 Å². The average molecular weight is 199 g/mol. The smallest absolute Gasteiger partial charge is 0.243 e. The maximum absolute atomic E-state index is 11.2. The molecule has 0 aliphatic heterocycles. The molecule has 0 saturated heterocycles. The van der Waals surface area contributed by atoms with Crippen LogP contribution in [0.4, 0.5) is 0 Å². The van der Waals surface area contributed by atoms with Crippen LogP contribution >= 0.6 is 0 Å². The Morgan fingerprint density at radius 2 is 2.21 bits per heavy atom. The first kappa shape index (κ1) is 10.8. The van der Waals surface area contributed by atoms with Gasteiger partial charge in [-0.2, -0.15) is 0 Å². The number of amides is 1. The molecule has 0 atom stereocenters. The lowest BCUT2D eigenvalue weighted by atomic mass is 10.5. The van der Waals surface area contributed by atoms with Crippen molar-refractivity contribution >= 4 is 11.9 Å². The van der Waals surface area contributed by atoms with Gasteiger partial charge < -0.3 is 10.2 Å². The van der Waals surface area contributed by atoms with E-state index in [0.717, 1.165) is 12.8 Å². The van der Waals surface area contributed by atoms with Crippen LogP contribution in [0.15, 0.2) is 4.99 Å². The highest BCUT2D eigenvalue weighted by Gasteiger charge is 2.22. The van der Waals surface area contributed by atoms with E-state index in [0.29, 0.717) is 12.0 Å². The number of nitrogens with one attached hydrogen (secondary N) is 2. The fourth-order valence-corrected chi connectivity index (χ4v) is 0.842. The van der Waals surface area contributed by atoms with E-state index in [1.807, 2.05) is 0 Å². The van der Waals surface area contributed by atoms with Gasteiger partial charge >= 0.3 is 0 Å². The molecule has 0 aromatic heterocycles. The Morgan fingerprint density at radius 3 is 2.64 bits per heavy atom. The Balaban J connectivity index is 2.34. The van der Waals surface area contributed by atoms with E-state index in [1.54, 1.807) is 14.1 Å². The van der Waals surface area contributed by atoms with E-state index in [4.69, 9.17) is 5.84 Å². The molecule has 0 heterocycles. The topological polar surface area (TPSA) is 82.8 Å². The first-order valence-electron chi connectivity index (χ1n) is 4.61. The van der Waals surface area contributed by atoms with Gasteiger partial charge in [0.05, 0.1) is 0 Å². The highest BCUT2D eigenvalue weighted by atomic mass is 16.2. The van der Waals surface area contributed by atoms with E-state index < -0.39 is 0 Å². The Morgan fingerprint density at radius 1 is 1.57 bits per heavy atom. The molecule has 1 rings (SSSR count). The molecule has 80 valence electrons. The predicted octanol–water partition coefficient (Wildman–Crippen LogP) is -1.35. The van der Waals surface area contributed by atoms with Crippen molar-refractivity contribution in [2.45, 2.75) is 18.9 Å². The second-order valence-corrected chi connectivity index (χ2v) is 3.52. The fourth-order valence-electron chi connectivity index (χ4n) is 0.842. The maximum atomic E-state index is 11.2. The van der Waals surface area contributed by atoms with Crippen molar-refractivity contribution in [2.75, 3.05) is 20.6 Å². The van der Waals surface area contributed by atoms with Gasteiger partial charge in [0.2, 0.25) is 11.9 Å². The lowest BCUT2D eigenvalue weighted by Crippen LogP contribution is -2.43. The van der Waals surface area contributed by atoms with Gasteiger partial charge in [0.15, 0.2) is 0 Å². The van der Waals surface area contributed by atoms with Gasteiger partial charge in [0.25, 0.3) is 0 Å². The average Bonchev–Trinajstić information content (AvgIpc) is 2.95. The van der Waals surface area contributed by atoms with Gasteiger partial charge in [0.1, 0.15) is 6.54 Å². The summed E-state index contributed by atoms with van der Waals surface area (Å²) < 4.78 is 0. The minimum atomic E-state index is -0.0460. The zero-order valence-electron chi connectivity index (χ0n) is 8.58. The third-order valence-electron chi connectivity index (χ3n) is 1.93. The van der Waals surface area contributed by atoms with Gasteiger partial charge in [-0.1, -0.05) is 0 Å². The summed E-state index contributed by atoms with van der Waals surface area (Å²) in [4.78, 5) is 16.7. The highest BCUT2D eigenvalue weighted by molar-refractivity contribution is 5.84. The van der Waals surface area contributed by atoms with Crippen LogP contribution in [0, 0.1) is 0 Å². The Hall–Kier alpha value is -1.30. The summed E-state index contributed by atoms with van der Waals surface area (Å²) in [6, 6.07) is 0.472. The molecule has 0 bridgehead atoms. The van der Waals surface area contributed by atoms with E-state index in [2.05, 4.69) is 15.7 Å². The molecular weight excluding hydrogens is 182 g/mol. The molecule has 1 aliphatic carbocycles. The summed E-state index contributed by atoms with van der Waals surface area (Å²) in [5, 5.41) is 3.08. The molecule has 0 aromatic carbocycles. The maximum Gasteiger partial charge on any atom is 0.243 e. The van der Waals surface area contributed by atoms with Crippen LogP contribution in [-0.4, -0.2) is 43.4 Å². The standard InChI is InChI=1S/C8H17N5O/c1-13(2)7(14)5-10-8(12-9)11-6-3-4-6/h6H,3-5,9H2,1-2H3,(H2,10,11,12). The molecule has 1 fully saturated rings. The lowest BCUT2D eigenvalue weighted by Gasteiger charge is -2.10. The van der Waals surface area contributed by atoms with Crippen LogP contribution in [0.5, 0.6) is 0 Å². The Bertz CT molecular complexity index is 234. The van der Waals surface area contributed by atoms with E-state index in [-0.39, 0.29) is 12.5 Å². The molecule has 6 heteroatoms. The number of nitrogens with two attached hydrogens (primary N) is 1. The first-order valence-corrected chi connectivity index (χ1v) is 4.61. The van der Waals surface area contributed by atoms with Crippen molar-refractivity contribution in [2.24, 2.45) is 10.8 Å². The summed E-state index contributed by atoms with van der Waals surface area (Å²) in [7, 11) is 3.39. The quantitative estimate of drug-likeness (QED) is 0.227. The number of hydrazine groups is 1. The van der Waals surface area contributed by atoms with Crippen LogP contribution in [-0.2, 0) is 4.79 Å². The monoisotopic (exact) mass is 199 g/mol. The molecule has 1 amide bonds. The third-order valence-corrected chi connectivity index (χ3v) is 1.93. The summed E-state index contributed by atoms with van der Waals surface area (Å²) in [5.74, 6) is 5.69. The number of carbonyl (C=O) groups is 1. The number of nitrogens with zero attached hydrogens (tertiary/aromatic N) is 2. The van der Waals surface area contributed by atoms with Gasteiger partial charge in [-0.3, -0.25) is 10.2 Å². The van der Waals surface area contributed by atoms with Crippen molar-refractivity contribution in [3.05, 3.63) is 0 Å². The second-order valence-electron chi connectivity index (χ2n) is 3.52. The minimum absolute atomic E-state index is 0.0460. The van der Waals surface area contributed by atoms with Crippen molar-refractivity contribution in [1.29, 1.82) is 0 Å². The van der Waals surface area contributed by atoms with Crippen molar-refractivity contribution < 1.29 is 4.79 Å². The number of likely N-dealkylation sites (N-methyl/N-ethyl adjacent to an activating group) is 1. The molecule has 6 nitrogen and oxygen atoms in total. The van der Waals surface area contributed by atoms with Crippen LogP contribution < -0.4 is 16.6 Å². The summed E-state index contributed by atoms with van der Waals surface area (Å²) in [5.41, 5.74) is 2.44. The molecule has 14 heavy (non-hydrogen) atoms. The Labute approximate surface area is 83.5 Å². The van der Waals surface area contributed by atoms with E-state index in [1.165, 1.54) is 4.90 Å². The number of hydrogen-bond donors (Lipinski definition) is 3. The molecule has 4 N–H and O–H groups in total. The summed E-state index contributed by atoms with van der Waals surface area (Å²) >= 11 is 0. The number of hydrogen-bond acceptors (Lipinski definition) is 3. The summed E-state index contributed by atoms with van der Waals surface area (Å²) in [6.07, 6.45) is 2.28. The largest absolute Gasteiger partial charge is 0.353 e.